The van der Waals surface area contributed by atoms with Crippen LogP contribution in [0, 0.1) is 13.8 Å². The van der Waals surface area contributed by atoms with Crippen LogP contribution in [0.25, 0.3) is 0 Å². The number of aryl methyl sites for hydroxylation is 2. The van der Waals surface area contributed by atoms with E-state index in [0.29, 0.717) is 5.95 Å². The van der Waals surface area contributed by atoms with E-state index in [0.717, 1.165) is 10.8 Å². The lowest BCUT2D eigenvalue weighted by molar-refractivity contribution is 0.975. The molecule has 0 fully saturated rings. The SMILES string of the molecule is Cc1cccc(Nc2nc(Sc3ccc(C)s3)n[nH]2)c1. The van der Waals surface area contributed by atoms with E-state index >= 15 is 0 Å². The number of aromatic nitrogens is 3. The number of nitrogens with one attached hydrogen (secondary N) is 2. The lowest BCUT2D eigenvalue weighted by Crippen LogP contribution is -1.92. The van der Waals surface area contributed by atoms with Crippen LogP contribution in [-0.4, -0.2) is 15.2 Å². The minimum Gasteiger partial charge on any atom is -0.325 e. The number of benzene rings is 1. The van der Waals surface area contributed by atoms with Gasteiger partial charge in [-0.05, 0) is 55.4 Å². The molecule has 3 rings (SSSR count). The Morgan fingerprint density at radius 2 is 2.10 bits per heavy atom. The van der Waals surface area contributed by atoms with Crippen molar-refractivity contribution in [2.24, 2.45) is 0 Å². The van der Waals surface area contributed by atoms with Crippen molar-refractivity contribution in [3.05, 3.63) is 46.8 Å². The molecule has 20 heavy (non-hydrogen) atoms. The van der Waals surface area contributed by atoms with Gasteiger partial charge in [-0.2, -0.15) is 4.98 Å². The van der Waals surface area contributed by atoms with Crippen LogP contribution in [0.2, 0.25) is 0 Å². The molecule has 1 aromatic carbocycles. The predicted octanol–water partition coefficient (Wildman–Crippen LogP) is 4.38. The highest BCUT2D eigenvalue weighted by Gasteiger charge is 2.07. The van der Waals surface area contributed by atoms with Gasteiger partial charge in [0, 0.05) is 10.6 Å². The van der Waals surface area contributed by atoms with Crippen molar-refractivity contribution in [3.63, 3.8) is 0 Å². The Morgan fingerprint density at radius 3 is 2.85 bits per heavy atom. The van der Waals surface area contributed by atoms with E-state index in [9.17, 15) is 0 Å². The molecular formula is C14H14N4S2. The summed E-state index contributed by atoms with van der Waals surface area (Å²) >= 11 is 3.31. The van der Waals surface area contributed by atoms with Gasteiger partial charge < -0.3 is 5.32 Å². The zero-order valence-electron chi connectivity index (χ0n) is 11.2. The van der Waals surface area contributed by atoms with Crippen LogP contribution in [0.3, 0.4) is 0 Å². The molecule has 102 valence electrons. The van der Waals surface area contributed by atoms with E-state index in [1.807, 2.05) is 12.1 Å². The molecular weight excluding hydrogens is 288 g/mol. The third-order valence-electron chi connectivity index (χ3n) is 2.65. The van der Waals surface area contributed by atoms with Crippen molar-refractivity contribution in [1.29, 1.82) is 0 Å². The van der Waals surface area contributed by atoms with E-state index in [4.69, 9.17) is 0 Å². The van der Waals surface area contributed by atoms with E-state index in [1.54, 1.807) is 23.1 Å². The number of nitrogens with zero attached hydrogens (tertiary/aromatic N) is 2. The fourth-order valence-electron chi connectivity index (χ4n) is 1.76. The van der Waals surface area contributed by atoms with Crippen molar-refractivity contribution in [2.45, 2.75) is 23.2 Å². The number of aromatic amines is 1. The van der Waals surface area contributed by atoms with Gasteiger partial charge in [0.15, 0.2) is 0 Å². The lowest BCUT2D eigenvalue weighted by Gasteiger charge is -2.02. The van der Waals surface area contributed by atoms with Gasteiger partial charge in [-0.3, -0.25) is 0 Å². The standard InChI is InChI=1S/C14H14N4S2/c1-9-4-3-5-11(8-9)15-13-16-14(18-17-13)20-12-7-6-10(2)19-12/h3-8H,1-2H3,(H2,15,16,17,18). The quantitative estimate of drug-likeness (QED) is 0.751. The molecule has 0 saturated heterocycles. The summed E-state index contributed by atoms with van der Waals surface area (Å²) in [4.78, 5) is 5.72. The summed E-state index contributed by atoms with van der Waals surface area (Å²) in [7, 11) is 0. The highest BCUT2D eigenvalue weighted by molar-refractivity contribution is 8.01. The molecule has 0 bridgehead atoms. The summed E-state index contributed by atoms with van der Waals surface area (Å²) in [5, 5.41) is 11.1. The Kier molecular flexibility index (Phi) is 3.75. The molecule has 3 aromatic rings. The second kappa shape index (κ2) is 5.68. The Hall–Kier alpha value is -1.79. The molecule has 0 saturated carbocycles. The van der Waals surface area contributed by atoms with Crippen LogP contribution in [0.1, 0.15) is 10.4 Å². The number of H-pyrrole nitrogens is 1. The van der Waals surface area contributed by atoms with Crippen LogP contribution in [0.15, 0.2) is 45.8 Å². The van der Waals surface area contributed by atoms with Crippen LogP contribution in [0.4, 0.5) is 11.6 Å². The second-order valence-electron chi connectivity index (χ2n) is 4.43. The minimum absolute atomic E-state index is 0.659. The maximum Gasteiger partial charge on any atom is 0.223 e. The number of anilines is 2. The molecule has 0 amide bonds. The molecule has 2 aromatic heterocycles. The minimum atomic E-state index is 0.659. The van der Waals surface area contributed by atoms with Crippen LogP contribution in [-0.2, 0) is 0 Å². The highest BCUT2D eigenvalue weighted by atomic mass is 32.2. The summed E-state index contributed by atoms with van der Waals surface area (Å²) in [6.07, 6.45) is 0. The maximum absolute atomic E-state index is 4.43. The van der Waals surface area contributed by atoms with Crippen molar-refractivity contribution in [3.8, 4) is 0 Å². The van der Waals surface area contributed by atoms with Crippen molar-refractivity contribution in [1.82, 2.24) is 15.2 Å². The van der Waals surface area contributed by atoms with Gasteiger partial charge in [-0.25, -0.2) is 5.10 Å². The van der Waals surface area contributed by atoms with Gasteiger partial charge in [0.05, 0.1) is 4.21 Å². The molecule has 2 heterocycles. The Balaban J connectivity index is 1.70. The molecule has 0 radical (unpaired) electrons. The molecule has 0 aliphatic heterocycles. The number of hydrogen-bond donors (Lipinski definition) is 2. The van der Waals surface area contributed by atoms with E-state index in [1.165, 1.54) is 14.6 Å². The van der Waals surface area contributed by atoms with Crippen molar-refractivity contribution >= 4 is 34.7 Å². The molecule has 0 aliphatic carbocycles. The fraction of sp³-hybridized carbons (Fsp3) is 0.143. The van der Waals surface area contributed by atoms with Crippen molar-refractivity contribution in [2.75, 3.05) is 5.32 Å². The third kappa shape index (κ3) is 3.20. The maximum atomic E-state index is 4.43. The smallest absolute Gasteiger partial charge is 0.223 e. The number of thiophene rings is 1. The van der Waals surface area contributed by atoms with Gasteiger partial charge in [0.25, 0.3) is 0 Å². The number of rotatable bonds is 4. The Bertz CT molecular complexity index is 717. The molecule has 0 aliphatic rings. The van der Waals surface area contributed by atoms with Gasteiger partial charge >= 0.3 is 0 Å². The molecule has 6 heteroatoms. The Labute approximate surface area is 125 Å². The molecule has 4 nitrogen and oxygen atoms in total. The van der Waals surface area contributed by atoms with E-state index < -0.39 is 0 Å². The largest absolute Gasteiger partial charge is 0.325 e. The monoisotopic (exact) mass is 302 g/mol. The van der Waals surface area contributed by atoms with Gasteiger partial charge in [-0.15, -0.1) is 16.4 Å². The molecule has 2 N–H and O–H groups in total. The highest BCUT2D eigenvalue weighted by Crippen LogP contribution is 2.31. The molecule has 0 atom stereocenters. The van der Waals surface area contributed by atoms with Gasteiger partial charge in [0.1, 0.15) is 0 Å². The normalized spacial score (nSPS) is 10.7. The first-order chi connectivity index (χ1) is 9.69. The Morgan fingerprint density at radius 1 is 1.20 bits per heavy atom. The molecule has 0 spiro atoms. The average molecular weight is 302 g/mol. The first kappa shape index (κ1) is 13.2. The first-order valence-electron chi connectivity index (χ1n) is 6.19. The van der Waals surface area contributed by atoms with Gasteiger partial charge in [-0.1, -0.05) is 12.1 Å². The number of hydrogen-bond acceptors (Lipinski definition) is 5. The zero-order chi connectivity index (χ0) is 13.9. The third-order valence-corrected chi connectivity index (χ3v) is 4.65. The first-order valence-corrected chi connectivity index (χ1v) is 7.83. The predicted molar refractivity (Wildman–Crippen MR) is 84.0 cm³/mol. The summed E-state index contributed by atoms with van der Waals surface area (Å²) < 4.78 is 1.20. The zero-order valence-corrected chi connectivity index (χ0v) is 12.8. The fourth-order valence-corrected chi connectivity index (χ4v) is 3.68. The lowest BCUT2D eigenvalue weighted by atomic mass is 10.2. The van der Waals surface area contributed by atoms with Crippen LogP contribution >= 0.6 is 23.1 Å². The van der Waals surface area contributed by atoms with Gasteiger partial charge in [0.2, 0.25) is 11.1 Å². The van der Waals surface area contributed by atoms with E-state index in [-0.39, 0.29) is 0 Å². The van der Waals surface area contributed by atoms with Crippen LogP contribution in [0.5, 0.6) is 0 Å². The van der Waals surface area contributed by atoms with Crippen molar-refractivity contribution < 1.29 is 0 Å². The average Bonchev–Trinajstić information content (AvgIpc) is 3.00. The topological polar surface area (TPSA) is 53.6 Å². The van der Waals surface area contributed by atoms with E-state index in [2.05, 4.69) is 58.6 Å². The summed E-state index contributed by atoms with van der Waals surface area (Å²) in [6, 6.07) is 12.3. The summed E-state index contributed by atoms with van der Waals surface area (Å²) in [5.41, 5.74) is 2.21. The van der Waals surface area contributed by atoms with Crippen LogP contribution < -0.4 is 5.32 Å². The summed E-state index contributed by atoms with van der Waals surface area (Å²) in [5.74, 6) is 0.659. The summed E-state index contributed by atoms with van der Waals surface area (Å²) in [6.45, 7) is 4.16. The molecule has 0 unspecified atom stereocenters. The second-order valence-corrected chi connectivity index (χ2v) is 6.98.